The molecule has 1 heterocycles. The van der Waals surface area contributed by atoms with Crippen LogP contribution in [0.1, 0.15) is 11.1 Å². The highest BCUT2D eigenvalue weighted by Crippen LogP contribution is 2.32. The molecule has 1 aliphatic rings. The Balaban J connectivity index is 2.02. The van der Waals surface area contributed by atoms with Crippen molar-refractivity contribution < 1.29 is 0 Å². The summed E-state index contributed by atoms with van der Waals surface area (Å²) in [6.45, 7) is 1.87. The summed E-state index contributed by atoms with van der Waals surface area (Å²) in [5.41, 5.74) is 1.47. The second-order valence-electron chi connectivity index (χ2n) is 5.59. The van der Waals surface area contributed by atoms with Gasteiger partial charge in [-0.15, -0.1) is 0 Å². The van der Waals surface area contributed by atoms with Gasteiger partial charge in [-0.1, -0.05) is 66.7 Å². The van der Waals surface area contributed by atoms with Gasteiger partial charge in [0.25, 0.3) is 0 Å². The van der Waals surface area contributed by atoms with Gasteiger partial charge >= 0.3 is 0 Å². The minimum atomic E-state index is -0.696. The molecule has 1 saturated heterocycles. The van der Waals surface area contributed by atoms with E-state index in [9.17, 15) is 5.26 Å². The molecule has 23 heavy (non-hydrogen) atoms. The number of nitrogens with zero attached hydrogens (tertiary/aromatic N) is 2. The Morgan fingerprint density at radius 3 is 2.17 bits per heavy atom. The zero-order valence-electron chi connectivity index (χ0n) is 13.1. The van der Waals surface area contributed by atoms with Crippen molar-refractivity contribution in [2.24, 2.45) is 0 Å². The van der Waals surface area contributed by atoms with Gasteiger partial charge in [0.05, 0.1) is 6.07 Å². The van der Waals surface area contributed by atoms with Gasteiger partial charge in [0.2, 0.25) is 0 Å². The Bertz CT molecular complexity index is 685. The van der Waals surface area contributed by atoms with Crippen molar-refractivity contribution in [2.45, 2.75) is 5.54 Å². The zero-order chi connectivity index (χ0) is 16.0. The number of nitriles is 1. The van der Waals surface area contributed by atoms with Crippen molar-refractivity contribution in [3.63, 3.8) is 0 Å². The molecular weight excluding hydrogens is 300 g/mol. The number of rotatable bonds is 4. The molecular formula is C20H20N2S. The van der Waals surface area contributed by atoms with E-state index < -0.39 is 5.54 Å². The Labute approximate surface area is 142 Å². The van der Waals surface area contributed by atoms with Crippen LogP contribution in [0.15, 0.2) is 66.7 Å². The van der Waals surface area contributed by atoms with Crippen LogP contribution in [0.5, 0.6) is 0 Å². The van der Waals surface area contributed by atoms with E-state index in [1.807, 2.05) is 48.2 Å². The van der Waals surface area contributed by atoms with E-state index in [1.54, 1.807) is 0 Å². The number of thioether (sulfide) groups is 1. The van der Waals surface area contributed by atoms with Crippen LogP contribution in [-0.2, 0) is 5.54 Å². The van der Waals surface area contributed by atoms with Crippen LogP contribution in [0.25, 0.3) is 6.08 Å². The topological polar surface area (TPSA) is 27.0 Å². The third-order valence-corrected chi connectivity index (χ3v) is 5.15. The van der Waals surface area contributed by atoms with Gasteiger partial charge in [-0.05, 0) is 17.2 Å². The third-order valence-electron chi connectivity index (χ3n) is 4.21. The van der Waals surface area contributed by atoms with Crippen LogP contribution in [-0.4, -0.2) is 29.5 Å². The average molecular weight is 320 g/mol. The molecule has 1 fully saturated rings. The molecule has 3 heteroatoms. The van der Waals surface area contributed by atoms with E-state index in [-0.39, 0.29) is 0 Å². The summed E-state index contributed by atoms with van der Waals surface area (Å²) < 4.78 is 0. The first-order valence-corrected chi connectivity index (χ1v) is 9.04. The summed E-state index contributed by atoms with van der Waals surface area (Å²) in [5.74, 6) is 2.16. The van der Waals surface area contributed by atoms with Crippen molar-refractivity contribution in [1.29, 1.82) is 5.26 Å². The molecule has 3 rings (SSSR count). The first-order valence-electron chi connectivity index (χ1n) is 7.89. The van der Waals surface area contributed by atoms with E-state index in [2.05, 4.69) is 47.4 Å². The molecule has 1 aliphatic heterocycles. The maximum absolute atomic E-state index is 10.1. The van der Waals surface area contributed by atoms with E-state index in [0.29, 0.717) is 0 Å². The van der Waals surface area contributed by atoms with Crippen LogP contribution in [0, 0.1) is 11.3 Å². The van der Waals surface area contributed by atoms with E-state index in [1.165, 1.54) is 0 Å². The summed E-state index contributed by atoms with van der Waals surface area (Å²) in [4.78, 5) is 2.30. The summed E-state index contributed by atoms with van der Waals surface area (Å²) in [6.07, 6.45) is 4.13. The fourth-order valence-corrected chi connectivity index (χ4v) is 3.85. The van der Waals surface area contributed by atoms with Crippen molar-refractivity contribution in [2.75, 3.05) is 24.6 Å². The lowest BCUT2D eigenvalue weighted by Crippen LogP contribution is -2.48. The molecule has 2 nitrogen and oxygen atoms in total. The van der Waals surface area contributed by atoms with Crippen LogP contribution >= 0.6 is 11.8 Å². The lowest BCUT2D eigenvalue weighted by atomic mass is 9.88. The molecule has 0 amide bonds. The highest BCUT2D eigenvalue weighted by molar-refractivity contribution is 7.99. The van der Waals surface area contributed by atoms with Crippen molar-refractivity contribution in [3.8, 4) is 6.07 Å². The van der Waals surface area contributed by atoms with Crippen molar-refractivity contribution >= 4 is 17.8 Å². The highest BCUT2D eigenvalue weighted by Gasteiger charge is 2.37. The smallest absolute Gasteiger partial charge is 0.153 e. The van der Waals surface area contributed by atoms with Gasteiger partial charge in [0, 0.05) is 24.6 Å². The second kappa shape index (κ2) is 7.50. The Morgan fingerprint density at radius 2 is 1.57 bits per heavy atom. The first-order chi connectivity index (χ1) is 11.3. The predicted molar refractivity (Wildman–Crippen MR) is 98.1 cm³/mol. The van der Waals surface area contributed by atoms with Gasteiger partial charge in [-0.2, -0.15) is 17.0 Å². The second-order valence-corrected chi connectivity index (χ2v) is 6.81. The largest absolute Gasteiger partial charge is 0.277 e. The molecule has 0 spiro atoms. The SMILES string of the molecule is N#CC(C=Cc1ccccc1)(c1ccccc1)N1CCSCC1. The monoisotopic (exact) mass is 320 g/mol. The molecule has 1 unspecified atom stereocenters. The van der Waals surface area contributed by atoms with E-state index >= 15 is 0 Å². The van der Waals surface area contributed by atoms with Crippen LogP contribution < -0.4 is 0 Å². The standard InChI is InChI=1S/C20H20N2S/c21-17-20(19-9-5-2-6-10-19,22-13-15-23-16-14-22)12-11-18-7-3-1-4-8-18/h1-12H,13-16H2. The summed E-state index contributed by atoms with van der Waals surface area (Å²) in [5, 5.41) is 10.1. The molecule has 0 aliphatic carbocycles. The molecule has 0 aromatic heterocycles. The molecule has 0 radical (unpaired) electrons. The van der Waals surface area contributed by atoms with Crippen LogP contribution in [0.3, 0.4) is 0 Å². The summed E-state index contributed by atoms with van der Waals surface area (Å²) in [7, 11) is 0. The van der Waals surface area contributed by atoms with E-state index in [0.717, 1.165) is 35.7 Å². The van der Waals surface area contributed by atoms with Gasteiger partial charge in [0.15, 0.2) is 5.54 Å². The van der Waals surface area contributed by atoms with Gasteiger partial charge in [-0.3, -0.25) is 4.90 Å². The van der Waals surface area contributed by atoms with E-state index in [4.69, 9.17) is 0 Å². The van der Waals surface area contributed by atoms with Crippen LogP contribution in [0.4, 0.5) is 0 Å². The summed E-state index contributed by atoms with van der Waals surface area (Å²) in [6, 6.07) is 22.9. The van der Waals surface area contributed by atoms with Crippen molar-refractivity contribution in [3.05, 3.63) is 77.9 Å². The Kier molecular flexibility index (Phi) is 5.17. The predicted octanol–water partition coefficient (Wildman–Crippen LogP) is 4.17. The molecule has 0 saturated carbocycles. The van der Waals surface area contributed by atoms with Gasteiger partial charge in [-0.25, -0.2) is 0 Å². The minimum Gasteiger partial charge on any atom is -0.277 e. The lowest BCUT2D eigenvalue weighted by molar-refractivity contribution is 0.197. The third kappa shape index (κ3) is 3.50. The first kappa shape index (κ1) is 15.9. The molecule has 2 aromatic carbocycles. The molecule has 1 atom stereocenters. The number of hydrogen-bond acceptors (Lipinski definition) is 3. The Morgan fingerprint density at radius 1 is 0.957 bits per heavy atom. The molecule has 0 N–H and O–H groups in total. The lowest BCUT2D eigenvalue weighted by Gasteiger charge is -2.39. The number of hydrogen-bond donors (Lipinski definition) is 0. The highest BCUT2D eigenvalue weighted by atomic mass is 32.2. The zero-order valence-corrected chi connectivity index (χ0v) is 13.9. The van der Waals surface area contributed by atoms with Gasteiger partial charge < -0.3 is 0 Å². The van der Waals surface area contributed by atoms with Crippen molar-refractivity contribution in [1.82, 2.24) is 4.90 Å². The molecule has 116 valence electrons. The maximum Gasteiger partial charge on any atom is 0.153 e. The maximum atomic E-state index is 10.1. The molecule has 2 aromatic rings. The average Bonchev–Trinajstić information content (AvgIpc) is 2.65. The minimum absolute atomic E-state index is 0.696. The fraction of sp³-hybridized carbons (Fsp3) is 0.250. The fourth-order valence-electron chi connectivity index (χ4n) is 2.95. The molecule has 0 bridgehead atoms. The number of benzene rings is 2. The van der Waals surface area contributed by atoms with Crippen LogP contribution in [0.2, 0.25) is 0 Å². The quantitative estimate of drug-likeness (QED) is 0.846. The summed E-state index contributed by atoms with van der Waals surface area (Å²) >= 11 is 1.96. The Hall–Kier alpha value is -2.02. The normalized spacial score (nSPS) is 18.4. The van der Waals surface area contributed by atoms with Gasteiger partial charge in [0.1, 0.15) is 0 Å².